The van der Waals surface area contributed by atoms with E-state index < -0.39 is 6.10 Å². The van der Waals surface area contributed by atoms with E-state index in [9.17, 15) is 0 Å². The largest absolute Gasteiger partial charge is 0.392 e. The SMILES string of the molecule is [CH2][C@@H](O)CN(C(C)C)C(C)C. The van der Waals surface area contributed by atoms with E-state index in [2.05, 4.69) is 39.5 Å². The molecule has 2 nitrogen and oxygen atoms in total. The molecule has 67 valence electrons. The van der Waals surface area contributed by atoms with E-state index in [0.717, 1.165) is 0 Å². The van der Waals surface area contributed by atoms with Crippen LogP contribution in [0.4, 0.5) is 0 Å². The molecule has 0 fully saturated rings. The second kappa shape index (κ2) is 4.73. The van der Waals surface area contributed by atoms with Crippen molar-refractivity contribution in [1.29, 1.82) is 0 Å². The Morgan fingerprint density at radius 1 is 1.18 bits per heavy atom. The van der Waals surface area contributed by atoms with Crippen LogP contribution in [0.15, 0.2) is 0 Å². The number of rotatable bonds is 4. The first kappa shape index (κ1) is 10.9. The monoisotopic (exact) mass is 158 g/mol. The van der Waals surface area contributed by atoms with Crippen molar-refractivity contribution in [1.82, 2.24) is 4.90 Å². The van der Waals surface area contributed by atoms with Crippen LogP contribution in [0.5, 0.6) is 0 Å². The molecule has 0 amide bonds. The van der Waals surface area contributed by atoms with Crippen LogP contribution in [0.3, 0.4) is 0 Å². The second-order valence-electron chi connectivity index (χ2n) is 3.54. The Kier molecular flexibility index (Phi) is 4.69. The Morgan fingerprint density at radius 2 is 1.55 bits per heavy atom. The maximum absolute atomic E-state index is 9.07. The number of aliphatic hydroxyl groups is 1. The van der Waals surface area contributed by atoms with Crippen molar-refractivity contribution < 1.29 is 5.11 Å². The van der Waals surface area contributed by atoms with Gasteiger partial charge in [-0.05, 0) is 34.6 Å². The standard InChI is InChI=1S/C9H20NO/c1-7(2)10(8(3)4)6-9(5)11/h7-9,11H,5-6H2,1-4H3/t9-/m1/s1. The predicted octanol–water partition coefficient (Wildman–Crippen LogP) is 1.30. The normalized spacial score (nSPS) is 15.0. The minimum atomic E-state index is -0.472. The first-order valence-electron chi connectivity index (χ1n) is 4.22. The lowest BCUT2D eigenvalue weighted by atomic mass is 10.2. The molecule has 0 saturated carbocycles. The lowest BCUT2D eigenvalue weighted by molar-refractivity contribution is 0.0992. The third kappa shape index (κ3) is 4.38. The molecule has 0 aliphatic carbocycles. The van der Waals surface area contributed by atoms with Crippen molar-refractivity contribution in [3.05, 3.63) is 6.92 Å². The van der Waals surface area contributed by atoms with Gasteiger partial charge in [-0.3, -0.25) is 4.90 Å². The van der Waals surface area contributed by atoms with E-state index in [4.69, 9.17) is 5.11 Å². The van der Waals surface area contributed by atoms with Crippen LogP contribution in [0.2, 0.25) is 0 Å². The Bertz CT molecular complexity index is 91.7. The lowest BCUT2D eigenvalue weighted by Crippen LogP contribution is -2.41. The second-order valence-corrected chi connectivity index (χ2v) is 3.54. The van der Waals surface area contributed by atoms with Crippen LogP contribution in [-0.4, -0.2) is 34.7 Å². The average Bonchev–Trinajstić information content (AvgIpc) is 1.81. The number of aliphatic hydroxyl groups excluding tert-OH is 1. The molecule has 0 saturated heterocycles. The van der Waals surface area contributed by atoms with E-state index in [1.165, 1.54) is 0 Å². The van der Waals surface area contributed by atoms with Gasteiger partial charge in [-0.1, -0.05) is 0 Å². The summed E-state index contributed by atoms with van der Waals surface area (Å²) in [6, 6.07) is 0.956. The zero-order chi connectivity index (χ0) is 9.02. The fourth-order valence-electron chi connectivity index (χ4n) is 1.26. The van der Waals surface area contributed by atoms with Gasteiger partial charge in [0.2, 0.25) is 0 Å². The van der Waals surface area contributed by atoms with Gasteiger partial charge in [0, 0.05) is 18.6 Å². The molecule has 1 N–H and O–H groups in total. The molecule has 1 atom stereocenters. The number of hydrogen-bond donors (Lipinski definition) is 1. The molecule has 2 heteroatoms. The van der Waals surface area contributed by atoms with Crippen molar-refractivity contribution in [2.45, 2.75) is 45.9 Å². The minimum Gasteiger partial charge on any atom is -0.392 e. The van der Waals surface area contributed by atoms with E-state index in [-0.39, 0.29) is 0 Å². The van der Waals surface area contributed by atoms with Crippen LogP contribution >= 0.6 is 0 Å². The van der Waals surface area contributed by atoms with E-state index in [0.29, 0.717) is 18.6 Å². The van der Waals surface area contributed by atoms with Gasteiger partial charge in [-0.25, -0.2) is 0 Å². The van der Waals surface area contributed by atoms with Gasteiger partial charge in [0.15, 0.2) is 0 Å². The summed E-state index contributed by atoms with van der Waals surface area (Å²) in [7, 11) is 0. The van der Waals surface area contributed by atoms with Crippen molar-refractivity contribution in [2.24, 2.45) is 0 Å². The molecule has 0 bridgehead atoms. The van der Waals surface area contributed by atoms with Gasteiger partial charge < -0.3 is 5.11 Å². The summed E-state index contributed by atoms with van der Waals surface area (Å²) < 4.78 is 0. The van der Waals surface area contributed by atoms with Gasteiger partial charge in [0.05, 0.1) is 6.10 Å². The Hall–Kier alpha value is -0.0800. The Morgan fingerprint density at radius 3 is 1.64 bits per heavy atom. The van der Waals surface area contributed by atoms with Crippen LogP contribution in [0.1, 0.15) is 27.7 Å². The topological polar surface area (TPSA) is 23.5 Å². The quantitative estimate of drug-likeness (QED) is 0.666. The maximum Gasteiger partial charge on any atom is 0.0668 e. The summed E-state index contributed by atoms with van der Waals surface area (Å²) >= 11 is 0. The number of hydrogen-bond acceptors (Lipinski definition) is 2. The predicted molar refractivity (Wildman–Crippen MR) is 48.3 cm³/mol. The summed E-state index contributed by atoms with van der Waals surface area (Å²) in [5.74, 6) is 0. The molecule has 0 aromatic carbocycles. The van der Waals surface area contributed by atoms with Crippen LogP contribution in [0, 0.1) is 6.92 Å². The molecule has 11 heavy (non-hydrogen) atoms. The van der Waals surface area contributed by atoms with Crippen molar-refractivity contribution in [3.8, 4) is 0 Å². The van der Waals surface area contributed by atoms with Crippen molar-refractivity contribution in [2.75, 3.05) is 6.54 Å². The molecule has 0 aromatic rings. The molecule has 0 aromatic heterocycles. The summed E-state index contributed by atoms with van der Waals surface area (Å²) in [5.41, 5.74) is 0. The first-order chi connectivity index (χ1) is 4.95. The van der Waals surface area contributed by atoms with Crippen molar-refractivity contribution >= 4 is 0 Å². The molecule has 0 heterocycles. The molecule has 0 unspecified atom stereocenters. The fraction of sp³-hybridized carbons (Fsp3) is 0.889. The highest BCUT2D eigenvalue weighted by atomic mass is 16.3. The lowest BCUT2D eigenvalue weighted by Gasteiger charge is -2.31. The zero-order valence-corrected chi connectivity index (χ0v) is 8.04. The first-order valence-corrected chi connectivity index (χ1v) is 4.22. The Balaban J connectivity index is 3.90. The van der Waals surface area contributed by atoms with Gasteiger partial charge in [0.1, 0.15) is 0 Å². The molecular formula is C9H20NO. The summed E-state index contributed by atoms with van der Waals surface area (Å²) in [6.07, 6.45) is -0.472. The third-order valence-corrected chi connectivity index (χ3v) is 1.75. The summed E-state index contributed by atoms with van der Waals surface area (Å²) in [5, 5.41) is 9.07. The highest BCUT2D eigenvalue weighted by Gasteiger charge is 2.14. The summed E-state index contributed by atoms with van der Waals surface area (Å²) in [4.78, 5) is 2.22. The van der Waals surface area contributed by atoms with E-state index in [1.807, 2.05) is 0 Å². The number of nitrogens with zero attached hydrogens (tertiary/aromatic N) is 1. The van der Waals surface area contributed by atoms with Crippen LogP contribution in [0.25, 0.3) is 0 Å². The molecule has 0 aliphatic rings. The van der Waals surface area contributed by atoms with E-state index >= 15 is 0 Å². The van der Waals surface area contributed by atoms with Crippen LogP contribution < -0.4 is 0 Å². The maximum atomic E-state index is 9.07. The average molecular weight is 158 g/mol. The minimum absolute atomic E-state index is 0.472. The van der Waals surface area contributed by atoms with Crippen LogP contribution in [-0.2, 0) is 0 Å². The molecule has 0 spiro atoms. The van der Waals surface area contributed by atoms with Gasteiger partial charge >= 0.3 is 0 Å². The molecule has 0 rings (SSSR count). The zero-order valence-electron chi connectivity index (χ0n) is 8.04. The summed E-state index contributed by atoms with van der Waals surface area (Å²) in [6.45, 7) is 12.7. The van der Waals surface area contributed by atoms with Gasteiger partial charge in [-0.15, -0.1) is 0 Å². The van der Waals surface area contributed by atoms with E-state index in [1.54, 1.807) is 0 Å². The fourth-order valence-corrected chi connectivity index (χ4v) is 1.26. The van der Waals surface area contributed by atoms with Gasteiger partial charge in [0.25, 0.3) is 0 Å². The third-order valence-electron chi connectivity index (χ3n) is 1.75. The highest BCUT2D eigenvalue weighted by Crippen LogP contribution is 2.05. The van der Waals surface area contributed by atoms with Crippen molar-refractivity contribution in [3.63, 3.8) is 0 Å². The molecule has 0 aliphatic heterocycles. The molecule has 1 radical (unpaired) electrons. The smallest absolute Gasteiger partial charge is 0.0668 e. The van der Waals surface area contributed by atoms with Gasteiger partial charge in [-0.2, -0.15) is 0 Å². The highest BCUT2D eigenvalue weighted by molar-refractivity contribution is 4.72. The molecular weight excluding hydrogens is 138 g/mol. The Labute approximate surface area is 70.2 Å².